The smallest absolute Gasteiger partial charge is 0.137 e. The Hall–Kier alpha value is -1.12. The summed E-state index contributed by atoms with van der Waals surface area (Å²) in [5.74, 6) is 0.774. The Morgan fingerprint density at radius 3 is 2.72 bits per heavy atom. The minimum atomic E-state index is 0.485. The predicted molar refractivity (Wildman–Crippen MR) is 76.7 cm³/mol. The Morgan fingerprint density at radius 2 is 1.89 bits per heavy atom. The lowest BCUT2D eigenvalue weighted by molar-refractivity contribution is 0.318. The fraction of sp³-hybridized carbons (Fsp3) is 0.200. The van der Waals surface area contributed by atoms with E-state index < -0.39 is 0 Å². The highest BCUT2D eigenvalue weighted by atomic mass is 35.5. The molecule has 0 saturated carbocycles. The van der Waals surface area contributed by atoms with Crippen LogP contribution in [0.25, 0.3) is 0 Å². The lowest BCUT2D eigenvalue weighted by Crippen LogP contribution is -2.13. The predicted octanol–water partition coefficient (Wildman–Crippen LogP) is 4.44. The van der Waals surface area contributed by atoms with Gasteiger partial charge < -0.3 is 4.74 Å². The van der Waals surface area contributed by atoms with Gasteiger partial charge in [0.15, 0.2) is 0 Å². The minimum absolute atomic E-state index is 0.485. The molecule has 1 heterocycles. The quantitative estimate of drug-likeness (QED) is 0.820. The molecule has 0 radical (unpaired) electrons. The maximum atomic E-state index is 6.07. The Balaban J connectivity index is 1.62. The van der Waals surface area contributed by atoms with Gasteiger partial charge in [-0.3, -0.25) is 0 Å². The second-order valence-corrected chi connectivity index (χ2v) is 6.04. The van der Waals surface area contributed by atoms with E-state index in [0.717, 1.165) is 12.2 Å². The molecule has 0 amide bonds. The van der Waals surface area contributed by atoms with Crippen molar-refractivity contribution in [1.29, 1.82) is 0 Å². The molecule has 0 fully saturated rings. The van der Waals surface area contributed by atoms with Crippen molar-refractivity contribution in [3.63, 3.8) is 0 Å². The first kappa shape index (κ1) is 11.9. The van der Waals surface area contributed by atoms with Crippen molar-refractivity contribution in [2.45, 2.75) is 16.6 Å². The van der Waals surface area contributed by atoms with Crippen LogP contribution in [0.3, 0.4) is 0 Å². The van der Waals surface area contributed by atoms with Crippen LogP contribution in [0.5, 0.6) is 5.75 Å². The number of halogens is 1. The molecular weight excluding hydrogens is 264 g/mol. The summed E-state index contributed by atoms with van der Waals surface area (Å²) >= 11 is 7.96. The van der Waals surface area contributed by atoms with E-state index in [1.807, 2.05) is 36.0 Å². The number of fused-ring (bicyclic) bond motifs is 1. The van der Waals surface area contributed by atoms with Crippen LogP contribution in [0.2, 0.25) is 5.02 Å². The Labute approximate surface area is 116 Å². The fourth-order valence-electron chi connectivity index (χ4n) is 2.09. The van der Waals surface area contributed by atoms with Gasteiger partial charge in [0, 0.05) is 10.1 Å². The van der Waals surface area contributed by atoms with E-state index in [2.05, 4.69) is 24.3 Å². The van der Waals surface area contributed by atoms with Crippen LogP contribution in [-0.4, -0.2) is 11.9 Å². The number of rotatable bonds is 3. The van der Waals surface area contributed by atoms with Gasteiger partial charge in [-0.15, -0.1) is 11.8 Å². The van der Waals surface area contributed by atoms with Gasteiger partial charge in [0.2, 0.25) is 0 Å². The van der Waals surface area contributed by atoms with E-state index in [1.165, 1.54) is 10.5 Å². The van der Waals surface area contributed by atoms with Crippen molar-refractivity contribution in [3.8, 4) is 5.75 Å². The van der Waals surface area contributed by atoms with Gasteiger partial charge in [-0.2, -0.15) is 0 Å². The number of ether oxygens (including phenoxy) is 1. The van der Waals surface area contributed by atoms with Gasteiger partial charge in [-0.1, -0.05) is 41.9 Å². The Morgan fingerprint density at radius 1 is 1.11 bits per heavy atom. The molecule has 0 spiro atoms. The minimum Gasteiger partial charge on any atom is -0.491 e. The first-order chi connectivity index (χ1) is 8.83. The van der Waals surface area contributed by atoms with E-state index in [9.17, 15) is 0 Å². The summed E-state index contributed by atoms with van der Waals surface area (Å²) in [6.45, 7) is 0.698. The van der Waals surface area contributed by atoms with E-state index in [4.69, 9.17) is 16.3 Å². The van der Waals surface area contributed by atoms with Crippen molar-refractivity contribution in [3.05, 3.63) is 59.1 Å². The summed E-state index contributed by atoms with van der Waals surface area (Å²) in [5, 5.41) is 1.16. The molecule has 0 aliphatic carbocycles. The highest BCUT2D eigenvalue weighted by Crippen LogP contribution is 2.37. The standard InChI is InChI=1S/C15H13ClOS/c16-13-6-2-3-7-14(13)17-10-12-9-11-5-1-4-8-15(11)18-12/h1-8,12H,9-10H2. The summed E-state index contributed by atoms with van der Waals surface area (Å²) in [5.41, 5.74) is 1.43. The van der Waals surface area contributed by atoms with Gasteiger partial charge in [-0.05, 0) is 30.2 Å². The maximum absolute atomic E-state index is 6.07. The van der Waals surface area contributed by atoms with Crippen LogP contribution in [0.15, 0.2) is 53.4 Å². The Kier molecular flexibility index (Phi) is 3.48. The second kappa shape index (κ2) is 5.25. The van der Waals surface area contributed by atoms with Crippen molar-refractivity contribution < 1.29 is 4.74 Å². The summed E-state index contributed by atoms with van der Waals surface area (Å²) < 4.78 is 5.80. The molecule has 18 heavy (non-hydrogen) atoms. The summed E-state index contributed by atoms with van der Waals surface area (Å²) in [6, 6.07) is 16.2. The molecule has 92 valence electrons. The second-order valence-electron chi connectivity index (χ2n) is 4.29. The van der Waals surface area contributed by atoms with Crippen molar-refractivity contribution in [2.24, 2.45) is 0 Å². The van der Waals surface area contributed by atoms with E-state index in [0.29, 0.717) is 16.9 Å². The maximum Gasteiger partial charge on any atom is 0.137 e. The molecule has 1 atom stereocenters. The molecule has 1 unspecified atom stereocenters. The van der Waals surface area contributed by atoms with E-state index in [1.54, 1.807) is 0 Å². The number of thioether (sulfide) groups is 1. The summed E-state index contributed by atoms with van der Waals surface area (Å²) in [6.07, 6.45) is 1.07. The van der Waals surface area contributed by atoms with Crippen LogP contribution in [-0.2, 0) is 6.42 Å². The number of para-hydroxylation sites is 1. The Bertz CT molecular complexity index is 531. The largest absolute Gasteiger partial charge is 0.491 e. The van der Waals surface area contributed by atoms with E-state index in [-0.39, 0.29) is 0 Å². The zero-order chi connectivity index (χ0) is 12.4. The number of hydrogen-bond acceptors (Lipinski definition) is 2. The highest BCUT2D eigenvalue weighted by Gasteiger charge is 2.22. The average molecular weight is 277 g/mol. The average Bonchev–Trinajstić information content (AvgIpc) is 2.80. The number of benzene rings is 2. The molecule has 0 N–H and O–H groups in total. The molecular formula is C15H13ClOS. The molecule has 2 aromatic rings. The van der Waals surface area contributed by atoms with E-state index >= 15 is 0 Å². The lowest BCUT2D eigenvalue weighted by Gasteiger charge is -2.11. The third kappa shape index (κ3) is 2.50. The molecule has 0 bridgehead atoms. The third-order valence-corrected chi connectivity index (χ3v) is 4.58. The number of hydrogen-bond donors (Lipinski definition) is 0. The third-order valence-electron chi connectivity index (χ3n) is 2.98. The zero-order valence-electron chi connectivity index (χ0n) is 9.80. The van der Waals surface area contributed by atoms with Crippen LogP contribution in [0.4, 0.5) is 0 Å². The van der Waals surface area contributed by atoms with Gasteiger partial charge in [-0.25, -0.2) is 0 Å². The van der Waals surface area contributed by atoms with Crippen molar-refractivity contribution in [2.75, 3.05) is 6.61 Å². The fourth-order valence-corrected chi connectivity index (χ4v) is 3.50. The lowest BCUT2D eigenvalue weighted by atomic mass is 10.1. The van der Waals surface area contributed by atoms with Gasteiger partial charge >= 0.3 is 0 Å². The zero-order valence-corrected chi connectivity index (χ0v) is 11.4. The molecule has 1 aliphatic rings. The molecule has 0 aromatic heterocycles. The summed E-state index contributed by atoms with van der Waals surface area (Å²) in [7, 11) is 0. The topological polar surface area (TPSA) is 9.23 Å². The van der Waals surface area contributed by atoms with Crippen molar-refractivity contribution >= 4 is 23.4 Å². The van der Waals surface area contributed by atoms with Crippen LogP contribution in [0, 0.1) is 0 Å². The molecule has 1 nitrogen and oxygen atoms in total. The first-order valence-electron chi connectivity index (χ1n) is 5.95. The normalized spacial score (nSPS) is 17.5. The molecule has 3 rings (SSSR count). The first-order valence-corrected chi connectivity index (χ1v) is 7.20. The molecule has 2 aromatic carbocycles. The van der Waals surface area contributed by atoms with Gasteiger partial charge in [0.05, 0.1) is 5.02 Å². The van der Waals surface area contributed by atoms with Crippen LogP contribution >= 0.6 is 23.4 Å². The molecule has 3 heteroatoms. The highest BCUT2D eigenvalue weighted by molar-refractivity contribution is 8.00. The SMILES string of the molecule is Clc1ccccc1OCC1Cc2ccccc2S1. The summed E-state index contributed by atoms with van der Waals surface area (Å²) in [4.78, 5) is 1.38. The molecule has 1 aliphatic heterocycles. The van der Waals surface area contributed by atoms with Gasteiger partial charge in [0.25, 0.3) is 0 Å². The monoisotopic (exact) mass is 276 g/mol. The van der Waals surface area contributed by atoms with Crippen LogP contribution in [0.1, 0.15) is 5.56 Å². The molecule has 0 saturated heterocycles. The van der Waals surface area contributed by atoms with Crippen molar-refractivity contribution in [1.82, 2.24) is 0 Å². The van der Waals surface area contributed by atoms with Crippen LogP contribution < -0.4 is 4.74 Å². The van der Waals surface area contributed by atoms with Gasteiger partial charge in [0.1, 0.15) is 12.4 Å².